The third-order valence-corrected chi connectivity index (χ3v) is 7.61. The average Bonchev–Trinajstić information content (AvgIpc) is 3.25. The van der Waals surface area contributed by atoms with Gasteiger partial charge in [-0.1, -0.05) is 13.8 Å². The van der Waals surface area contributed by atoms with Gasteiger partial charge in [-0.25, -0.2) is 12.7 Å². The molecule has 2 atom stereocenters. The Hall–Kier alpha value is -2.30. The van der Waals surface area contributed by atoms with Crippen LogP contribution in [0.25, 0.3) is 0 Å². The lowest BCUT2D eigenvalue weighted by Crippen LogP contribution is -2.44. The summed E-state index contributed by atoms with van der Waals surface area (Å²) < 4.78 is 25.4. The first-order valence-corrected chi connectivity index (χ1v) is 12.8. The number of likely N-dealkylation sites (N-methyl/N-ethyl adjacent to an activating group) is 1. The molecule has 2 saturated heterocycles. The van der Waals surface area contributed by atoms with E-state index in [4.69, 9.17) is 0 Å². The lowest BCUT2D eigenvalue weighted by molar-refractivity contribution is -0.128. The third-order valence-electron chi connectivity index (χ3n) is 6.56. The van der Waals surface area contributed by atoms with Crippen molar-refractivity contribution in [2.45, 2.75) is 26.4 Å². The Bertz CT molecular complexity index is 1030. The summed E-state index contributed by atoms with van der Waals surface area (Å²) in [5.41, 5.74) is 1.74. The molecular weight excluding hydrogens is 430 g/mol. The number of carbonyl (C=O) groups is 2. The molecule has 2 fully saturated rings. The van der Waals surface area contributed by atoms with E-state index in [2.05, 4.69) is 21.8 Å². The van der Waals surface area contributed by atoms with Crippen molar-refractivity contribution in [3.63, 3.8) is 0 Å². The molecule has 4 rings (SSSR count). The number of pyridine rings is 1. The molecule has 0 bridgehead atoms. The first kappa shape index (κ1) is 22.9. The number of nitrogens with zero attached hydrogens (tertiary/aromatic N) is 5. The summed E-state index contributed by atoms with van der Waals surface area (Å²) in [7, 11) is -1.64. The summed E-state index contributed by atoms with van der Waals surface area (Å²) in [5, 5.41) is 0. The molecule has 3 aliphatic heterocycles. The lowest BCUT2D eigenvalue weighted by atomic mass is 9.89. The van der Waals surface area contributed by atoms with E-state index in [0.29, 0.717) is 11.3 Å². The molecule has 2 amide bonds. The fourth-order valence-corrected chi connectivity index (χ4v) is 5.84. The minimum atomic E-state index is -3.75. The topological polar surface area (TPSA) is 94.1 Å². The number of aromatic nitrogens is 1. The summed E-state index contributed by atoms with van der Waals surface area (Å²) in [6.45, 7) is 8.81. The highest BCUT2D eigenvalue weighted by Gasteiger charge is 2.54. The van der Waals surface area contributed by atoms with Crippen molar-refractivity contribution in [2.75, 3.05) is 46.0 Å². The fraction of sp³-hybridized carbons (Fsp3) is 0.591. The zero-order valence-corrected chi connectivity index (χ0v) is 19.9. The zero-order chi connectivity index (χ0) is 23.2. The summed E-state index contributed by atoms with van der Waals surface area (Å²) in [6.07, 6.45) is 4.29. The van der Waals surface area contributed by atoms with Gasteiger partial charge in [0, 0.05) is 45.5 Å². The van der Waals surface area contributed by atoms with Crippen molar-refractivity contribution < 1.29 is 18.0 Å². The first-order chi connectivity index (χ1) is 15.1. The van der Waals surface area contributed by atoms with Gasteiger partial charge in [0.15, 0.2) is 0 Å². The molecule has 4 heterocycles. The Labute approximate surface area is 189 Å². The number of rotatable bonds is 5. The highest BCUT2D eigenvalue weighted by atomic mass is 32.2. The van der Waals surface area contributed by atoms with Crippen LogP contribution in [0.5, 0.6) is 0 Å². The predicted octanol–water partition coefficient (Wildman–Crippen LogP) is 0.611. The highest BCUT2D eigenvalue weighted by molar-refractivity contribution is 7.89. The summed E-state index contributed by atoms with van der Waals surface area (Å²) in [4.78, 5) is 37.0. The molecule has 0 saturated carbocycles. The number of hydrogen-bond acceptors (Lipinski definition) is 7. The van der Waals surface area contributed by atoms with E-state index < -0.39 is 27.9 Å². The minimum Gasteiger partial charge on any atom is -0.325 e. The SMILES string of the molecule is CC(C)[C@H]1C(=O)N(S(C)(=O)=O)C2=CCN(C(=O)c3ccc(CN4CCN(C)CC4)nc3)[C@@H]21. The Kier molecular flexibility index (Phi) is 6.12. The molecule has 9 nitrogen and oxygen atoms in total. The fourth-order valence-electron chi connectivity index (χ4n) is 4.82. The van der Waals surface area contributed by atoms with Gasteiger partial charge < -0.3 is 9.80 Å². The number of sulfonamides is 1. The normalized spacial score (nSPS) is 24.9. The van der Waals surface area contributed by atoms with Crippen LogP contribution < -0.4 is 0 Å². The Morgan fingerprint density at radius 3 is 2.44 bits per heavy atom. The molecule has 0 aromatic carbocycles. The van der Waals surface area contributed by atoms with Crippen molar-refractivity contribution >= 4 is 21.8 Å². The minimum absolute atomic E-state index is 0.111. The third kappa shape index (κ3) is 4.18. The summed E-state index contributed by atoms with van der Waals surface area (Å²) in [6, 6.07) is 3.07. The number of carbonyl (C=O) groups excluding carboxylic acids is 2. The number of amides is 2. The molecule has 10 heteroatoms. The Morgan fingerprint density at radius 2 is 1.88 bits per heavy atom. The monoisotopic (exact) mass is 461 g/mol. The molecule has 3 aliphatic rings. The van der Waals surface area contributed by atoms with Crippen molar-refractivity contribution in [1.29, 1.82) is 0 Å². The quantitative estimate of drug-likeness (QED) is 0.634. The van der Waals surface area contributed by atoms with Gasteiger partial charge in [-0.2, -0.15) is 0 Å². The van der Waals surface area contributed by atoms with Crippen LogP contribution in [0.1, 0.15) is 29.9 Å². The second kappa shape index (κ2) is 8.57. The van der Waals surface area contributed by atoms with Crippen LogP contribution in [0.4, 0.5) is 0 Å². The van der Waals surface area contributed by atoms with Crippen LogP contribution >= 0.6 is 0 Å². The molecule has 0 unspecified atom stereocenters. The van der Waals surface area contributed by atoms with Crippen LogP contribution in [0.3, 0.4) is 0 Å². The molecule has 1 aromatic rings. The van der Waals surface area contributed by atoms with E-state index >= 15 is 0 Å². The molecule has 0 N–H and O–H groups in total. The van der Waals surface area contributed by atoms with Crippen molar-refractivity contribution in [3.05, 3.63) is 41.4 Å². The van der Waals surface area contributed by atoms with Gasteiger partial charge in [0.05, 0.1) is 35.2 Å². The lowest BCUT2D eigenvalue weighted by Gasteiger charge is -2.32. The van der Waals surface area contributed by atoms with E-state index in [1.54, 1.807) is 23.2 Å². The van der Waals surface area contributed by atoms with Gasteiger partial charge >= 0.3 is 0 Å². The number of piperazine rings is 1. The van der Waals surface area contributed by atoms with Crippen LogP contribution in [-0.2, 0) is 21.4 Å². The van der Waals surface area contributed by atoms with E-state index in [-0.39, 0.29) is 18.4 Å². The molecule has 0 aliphatic carbocycles. The van der Waals surface area contributed by atoms with E-state index in [0.717, 1.165) is 49.0 Å². The highest BCUT2D eigenvalue weighted by Crippen LogP contribution is 2.41. The van der Waals surface area contributed by atoms with Gasteiger partial charge in [0.1, 0.15) is 0 Å². The second-order valence-corrected chi connectivity index (χ2v) is 11.1. The standard InChI is InChI=1S/C22H31N5O4S/c1-15(2)19-20-18(27(22(19)29)32(4,30)31)7-8-26(20)21(28)16-5-6-17(23-13-16)14-25-11-9-24(3)10-12-25/h5-7,13,15,19-20H,8-12,14H2,1-4H3/t19-,20+/m1/s1. The van der Waals surface area contributed by atoms with E-state index in [9.17, 15) is 18.0 Å². The summed E-state index contributed by atoms with van der Waals surface area (Å²) in [5.74, 6) is -1.40. The molecule has 1 aromatic heterocycles. The largest absolute Gasteiger partial charge is 0.325 e. The van der Waals surface area contributed by atoms with Crippen molar-refractivity contribution in [1.82, 2.24) is 24.0 Å². The van der Waals surface area contributed by atoms with Gasteiger partial charge in [-0.15, -0.1) is 0 Å². The maximum absolute atomic E-state index is 13.3. The molecular formula is C22H31N5O4S. The van der Waals surface area contributed by atoms with Crippen LogP contribution in [0.2, 0.25) is 0 Å². The average molecular weight is 462 g/mol. The Balaban J connectivity index is 1.51. The molecule has 0 spiro atoms. The zero-order valence-electron chi connectivity index (χ0n) is 19.1. The van der Waals surface area contributed by atoms with Crippen molar-refractivity contribution in [3.8, 4) is 0 Å². The molecule has 32 heavy (non-hydrogen) atoms. The van der Waals surface area contributed by atoms with E-state index in [1.165, 1.54) is 0 Å². The van der Waals surface area contributed by atoms with E-state index in [1.807, 2.05) is 19.9 Å². The second-order valence-electron chi connectivity index (χ2n) is 9.28. The van der Waals surface area contributed by atoms with Gasteiger partial charge in [0.2, 0.25) is 15.9 Å². The van der Waals surface area contributed by atoms with Crippen molar-refractivity contribution in [2.24, 2.45) is 11.8 Å². The predicted molar refractivity (Wildman–Crippen MR) is 120 cm³/mol. The number of fused-ring (bicyclic) bond motifs is 1. The maximum Gasteiger partial charge on any atom is 0.256 e. The summed E-state index contributed by atoms with van der Waals surface area (Å²) >= 11 is 0. The van der Waals surface area contributed by atoms with Gasteiger partial charge in [0.25, 0.3) is 5.91 Å². The molecule has 0 radical (unpaired) electrons. The van der Waals surface area contributed by atoms with Gasteiger partial charge in [-0.05, 0) is 31.2 Å². The number of hydrogen-bond donors (Lipinski definition) is 0. The van der Waals surface area contributed by atoms with Crippen LogP contribution in [0, 0.1) is 11.8 Å². The van der Waals surface area contributed by atoms with Gasteiger partial charge in [-0.3, -0.25) is 19.5 Å². The maximum atomic E-state index is 13.3. The molecule has 174 valence electrons. The Morgan fingerprint density at radius 1 is 1.19 bits per heavy atom. The smallest absolute Gasteiger partial charge is 0.256 e. The van der Waals surface area contributed by atoms with Crippen LogP contribution in [-0.4, -0.2) is 96.3 Å². The first-order valence-electron chi connectivity index (χ1n) is 11.0. The van der Waals surface area contributed by atoms with Crippen LogP contribution in [0.15, 0.2) is 30.1 Å².